The Morgan fingerprint density at radius 3 is 1.46 bits per heavy atom. The van der Waals surface area contributed by atoms with Crippen LogP contribution in [0.1, 0.15) is 94.4 Å². The van der Waals surface area contributed by atoms with Crippen LogP contribution in [0.4, 0.5) is 0 Å². The van der Waals surface area contributed by atoms with E-state index in [9.17, 15) is 0 Å². The zero-order valence-electron chi connectivity index (χ0n) is 30.3. The van der Waals surface area contributed by atoms with Crippen molar-refractivity contribution in [2.75, 3.05) is 0 Å². The normalized spacial score (nSPS) is 11.3. The fourth-order valence-corrected chi connectivity index (χ4v) is 6.13. The second kappa shape index (κ2) is 19.8. The van der Waals surface area contributed by atoms with Crippen molar-refractivity contribution in [3.63, 3.8) is 0 Å². The zero-order chi connectivity index (χ0) is 33.4. The van der Waals surface area contributed by atoms with Crippen molar-refractivity contribution in [3.8, 4) is 22.3 Å². The van der Waals surface area contributed by atoms with Gasteiger partial charge in [0.2, 0.25) is 0 Å². The fourth-order valence-electron chi connectivity index (χ4n) is 6.13. The van der Waals surface area contributed by atoms with Crippen molar-refractivity contribution in [2.24, 2.45) is 0 Å². The Labute approximate surface area is 318 Å². The van der Waals surface area contributed by atoms with Crippen LogP contribution in [0.2, 0.25) is 13.1 Å². The van der Waals surface area contributed by atoms with E-state index in [0.717, 1.165) is 0 Å². The summed E-state index contributed by atoms with van der Waals surface area (Å²) in [6.07, 6.45) is 2.50. The average Bonchev–Trinajstić information content (AvgIpc) is 3.64. The van der Waals surface area contributed by atoms with Gasteiger partial charge >= 0.3 is 41.9 Å². The van der Waals surface area contributed by atoms with Gasteiger partial charge in [-0.25, -0.2) is 0 Å². The van der Waals surface area contributed by atoms with Crippen LogP contribution in [0.3, 0.4) is 0 Å². The predicted octanol–water partition coefficient (Wildman–Crippen LogP) is 7.70. The van der Waals surface area contributed by atoms with Crippen molar-refractivity contribution in [1.29, 1.82) is 0 Å². The first kappa shape index (κ1) is 41.9. The summed E-state index contributed by atoms with van der Waals surface area (Å²) in [5.74, 6) is 1.81. The standard InChI is InChI=1S/C23H27.C19H19.C2H6Si.2ClH.Zr/c1-5-7-17(4)21-14-20-8-6-9-22(23(20)15-21)19-12-10-18(11-13-19)16(2)3;1-13(2)15-7-9-16(10-8-15)18-6-4-5-17-11-14(3)12-19(17)18;1-3-2;;;/h6,8-17H,5,7H2,1-4H3;4-13H,1-3H3;1-2H3;2*1H;/q2*-1;;;;+2/p-2. The molecule has 48 heavy (non-hydrogen) atoms. The van der Waals surface area contributed by atoms with E-state index in [4.69, 9.17) is 0 Å². The maximum atomic E-state index is 2.40. The van der Waals surface area contributed by atoms with Crippen molar-refractivity contribution in [1.82, 2.24) is 0 Å². The molecular formula is C44H52Cl2SiZr-2. The Kier molecular flexibility index (Phi) is 17.3. The topological polar surface area (TPSA) is 0 Å². The first-order chi connectivity index (χ1) is 22.0. The second-order valence-corrected chi connectivity index (χ2v) is 23.1. The van der Waals surface area contributed by atoms with E-state index < -0.39 is 0 Å². The summed E-state index contributed by atoms with van der Waals surface area (Å²) in [5, 5.41) is 5.45. The summed E-state index contributed by atoms with van der Waals surface area (Å²) in [5.41, 5.74) is 11.1. The van der Waals surface area contributed by atoms with Gasteiger partial charge in [-0.15, -0.1) is 69.1 Å². The molecule has 6 aromatic carbocycles. The Bertz CT molecular complexity index is 1850. The molecule has 252 valence electrons. The van der Waals surface area contributed by atoms with Crippen LogP contribution in [-0.2, 0) is 23.3 Å². The Morgan fingerprint density at radius 2 is 1.04 bits per heavy atom. The summed E-state index contributed by atoms with van der Waals surface area (Å²) < 4.78 is 0. The molecule has 6 rings (SSSR count). The smallest absolute Gasteiger partial charge is 0.0219 e. The molecular weight excluding hydrogens is 719 g/mol. The molecule has 0 heterocycles. The van der Waals surface area contributed by atoms with E-state index in [-0.39, 0.29) is 30.2 Å². The Hall–Kier alpha value is -2.22. The molecule has 1 unspecified atom stereocenters. The second-order valence-electron chi connectivity index (χ2n) is 13.7. The van der Waals surface area contributed by atoms with Gasteiger partial charge in [-0.3, -0.25) is 0 Å². The summed E-state index contributed by atoms with van der Waals surface area (Å²) in [4.78, 5) is 0. The zero-order valence-corrected chi connectivity index (χ0v) is 35.3. The molecule has 0 radical (unpaired) electrons. The summed E-state index contributed by atoms with van der Waals surface area (Å²) in [6.45, 7) is 20.3. The van der Waals surface area contributed by atoms with Crippen molar-refractivity contribution >= 4 is 27.0 Å². The van der Waals surface area contributed by atoms with Gasteiger partial charge in [0, 0.05) is 0 Å². The van der Waals surface area contributed by atoms with Crippen molar-refractivity contribution in [2.45, 2.75) is 92.2 Å². The van der Waals surface area contributed by atoms with Crippen LogP contribution < -0.4 is 24.8 Å². The van der Waals surface area contributed by atoms with Gasteiger partial charge in [-0.2, -0.15) is 12.1 Å². The first-order valence-corrected chi connectivity index (χ1v) is 23.2. The molecule has 0 nitrogen and oxygen atoms in total. The van der Waals surface area contributed by atoms with E-state index >= 15 is 0 Å². The Balaban J connectivity index is 0.000000293. The van der Waals surface area contributed by atoms with E-state index in [1.54, 1.807) is 23.3 Å². The van der Waals surface area contributed by atoms with Crippen LogP contribution in [0.25, 0.3) is 43.8 Å². The number of hydrogen-bond donors (Lipinski definition) is 0. The van der Waals surface area contributed by atoms with E-state index in [1.807, 2.05) is 0 Å². The molecule has 4 heteroatoms. The van der Waals surface area contributed by atoms with Crippen molar-refractivity contribution in [3.05, 3.63) is 131 Å². The van der Waals surface area contributed by atoms with Crippen molar-refractivity contribution < 1.29 is 48.1 Å². The van der Waals surface area contributed by atoms with Crippen LogP contribution in [0.15, 0.2) is 109 Å². The third kappa shape index (κ3) is 11.1. The molecule has 0 spiro atoms. The van der Waals surface area contributed by atoms with Crippen LogP contribution in [0, 0.1) is 6.92 Å². The SMILES string of the molecule is CCCC(C)c1cc2c(-c3ccc(C(C)C)cc3)cccc2[cH-]1.C[Si](C)=[Zr+2].Cc1cc2c(-c3ccc(C(C)C)cc3)cccc2[cH-]1.[Cl-].[Cl-]. The maximum Gasteiger partial charge on any atom is -0.0219 e. The molecule has 1 atom stereocenters. The quantitative estimate of drug-likeness (QED) is 0.115. The largest absolute Gasteiger partial charge is 1.00 e. The molecule has 0 bridgehead atoms. The van der Waals surface area contributed by atoms with E-state index in [1.165, 1.54) is 78.9 Å². The number of halogens is 2. The van der Waals surface area contributed by atoms with Gasteiger partial charge < -0.3 is 24.8 Å². The van der Waals surface area contributed by atoms with Crippen LogP contribution in [0.5, 0.6) is 0 Å². The summed E-state index contributed by atoms with van der Waals surface area (Å²) in [7, 11) is 0. The van der Waals surface area contributed by atoms with Gasteiger partial charge in [0.1, 0.15) is 0 Å². The minimum atomic E-state index is 0. The predicted molar refractivity (Wildman–Crippen MR) is 204 cm³/mol. The monoisotopic (exact) mass is 768 g/mol. The van der Waals surface area contributed by atoms with Gasteiger partial charge in [0.25, 0.3) is 0 Å². The van der Waals surface area contributed by atoms with Crippen LogP contribution >= 0.6 is 0 Å². The molecule has 0 saturated heterocycles. The number of aryl methyl sites for hydroxylation is 1. The van der Waals surface area contributed by atoms with Gasteiger partial charge in [0.05, 0.1) is 0 Å². The van der Waals surface area contributed by atoms with Gasteiger partial charge in [-0.05, 0) is 46.4 Å². The van der Waals surface area contributed by atoms with Gasteiger partial charge in [-0.1, -0.05) is 127 Å². The molecule has 0 amide bonds. The molecule has 0 saturated carbocycles. The Morgan fingerprint density at radius 1 is 0.625 bits per heavy atom. The molecule has 0 N–H and O–H groups in total. The summed E-state index contributed by atoms with van der Waals surface area (Å²) >= 11 is 1.74. The first-order valence-electron chi connectivity index (χ1n) is 17.1. The number of hydrogen-bond acceptors (Lipinski definition) is 0. The van der Waals surface area contributed by atoms with E-state index in [0.29, 0.717) is 17.8 Å². The molecule has 0 aliphatic carbocycles. The van der Waals surface area contributed by atoms with E-state index in [2.05, 4.69) is 171 Å². The molecule has 0 fully saturated rings. The minimum absolute atomic E-state index is 0. The number of benzene rings is 4. The number of rotatable bonds is 7. The molecule has 0 aromatic heterocycles. The summed E-state index contributed by atoms with van der Waals surface area (Å²) in [6, 6.07) is 40.6. The third-order valence-corrected chi connectivity index (χ3v) is 8.74. The minimum Gasteiger partial charge on any atom is -1.00 e. The molecule has 0 aliphatic heterocycles. The van der Waals surface area contributed by atoms with Gasteiger partial charge in [0.15, 0.2) is 0 Å². The third-order valence-electron chi connectivity index (χ3n) is 8.74. The molecule has 0 aliphatic rings. The maximum absolute atomic E-state index is 2.40. The number of fused-ring (bicyclic) bond motifs is 2. The fraction of sp³-hybridized carbons (Fsp3) is 0.318. The van der Waals surface area contributed by atoms with Crippen LogP contribution in [-0.4, -0.2) is 5.43 Å². The molecule has 6 aromatic rings. The average molecular weight is 771 g/mol.